The molecule has 3 N–H and O–H groups in total. The molecule has 1 aliphatic rings. The number of hydrogen-bond donors (Lipinski definition) is 3. The predicted octanol–water partition coefficient (Wildman–Crippen LogP) is 0.774. The van der Waals surface area contributed by atoms with E-state index in [0.717, 1.165) is 10.5 Å². The summed E-state index contributed by atoms with van der Waals surface area (Å²) in [5.41, 5.74) is 0.380. The predicted molar refractivity (Wildman–Crippen MR) is 90.5 cm³/mol. The molecule has 0 spiro atoms. The normalized spacial score (nSPS) is 19.4. The van der Waals surface area contributed by atoms with Gasteiger partial charge in [0, 0.05) is 6.54 Å². The first-order chi connectivity index (χ1) is 11.8. The first-order valence-electron chi connectivity index (χ1n) is 7.67. The van der Waals surface area contributed by atoms with E-state index in [0.29, 0.717) is 5.56 Å². The first-order valence-corrected chi connectivity index (χ1v) is 7.67. The summed E-state index contributed by atoms with van der Waals surface area (Å²) in [6.45, 7) is 6.56. The molecule has 1 atom stereocenters. The van der Waals surface area contributed by atoms with Gasteiger partial charge in [-0.3, -0.25) is 19.8 Å². The molecule has 0 bridgehead atoms. The Kier molecular flexibility index (Phi) is 5.21. The molecule has 0 aromatic heterocycles. The molecule has 25 heavy (non-hydrogen) atoms. The highest BCUT2D eigenvalue weighted by Crippen LogP contribution is 2.28. The van der Waals surface area contributed by atoms with Gasteiger partial charge in [0.2, 0.25) is 5.91 Å². The number of hydrogen-bond acceptors (Lipinski definition) is 4. The van der Waals surface area contributed by atoms with Crippen LogP contribution >= 0.6 is 0 Å². The summed E-state index contributed by atoms with van der Waals surface area (Å²) in [5, 5.41) is 7.01. The molecule has 1 aromatic rings. The van der Waals surface area contributed by atoms with E-state index in [1.807, 2.05) is 24.4 Å². The number of urea groups is 2. The third kappa shape index (κ3) is 3.85. The van der Waals surface area contributed by atoms with Crippen LogP contribution in [-0.2, 0) is 15.1 Å². The van der Waals surface area contributed by atoms with Gasteiger partial charge >= 0.3 is 12.1 Å². The second-order valence-corrected chi connectivity index (χ2v) is 5.86. The zero-order chi connectivity index (χ0) is 18.6. The van der Waals surface area contributed by atoms with Gasteiger partial charge in [0.05, 0.1) is 0 Å². The van der Waals surface area contributed by atoms with Crippen molar-refractivity contribution in [2.75, 3.05) is 13.1 Å². The number of aryl methyl sites for hydroxylation is 1. The quantitative estimate of drug-likeness (QED) is 0.542. The Morgan fingerprint density at radius 2 is 1.92 bits per heavy atom. The van der Waals surface area contributed by atoms with Crippen LogP contribution < -0.4 is 16.0 Å². The Bertz CT molecular complexity index is 729. The van der Waals surface area contributed by atoms with Gasteiger partial charge < -0.3 is 10.6 Å². The van der Waals surface area contributed by atoms with Crippen LogP contribution in [0.25, 0.3) is 0 Å². The Balaban J connectivity index is 2.08. The van der Waals surface area contributed by atoms with Crippen molar-refractivity contribution >= 4 is 23.9 Å². The average molecular weight is 344 g/mol. The van der Waals surface area contributed by atoms with Crippen LogP contribution in [0.4, 0.5) is 9.59 Å². The molecule has 1 aliphatic heterocycles. The van der Waals surface area contributed by atoms with E-state index in [1.54, 1.807) is 19.1 Å². The maximum atomic E-state index is 12.7. The van der Waals surface area contributed by atoms with Crippen LogP contribution in [0.15, 0.2) is 36.9 Å². The number of benzene rings is 1. The summed E-state index contributed by atoms with van der Waals surface area (Å²) in [7, 11) is 0. The molecule has 1 heterocycles. The maximum Gasteiger partial charge on any atom is 0.325 e. The number of amides is 6. The lowest BCUT2D eigenvalue weighted by Crippen LogP contribution is -2.46. The largest absolute Gasteiger partial charge is 0.334 e. The van der Waals surface area contributed by atoms with Gasteiger partial charge in [0.25, 0.3) is 5.91 Å². The lowest BCUT2D eigenvalue weighted by molar-refractivity contribution is -0.134. The number of nitrogens with one attached hydrogen (secondary N) is 3. The standard InChI is InChI=1S/C17H20N4O4/c1-4-9-18-15(24)19-13(22)10-21-14(23)17(3,20-16(21)25)12-7-5-11(2)6-8-12/h4-8H,1,9-10H2,2-3H3,(H,20,25)(H2,18,19,22,24)/t17-/m0/s1. The van der Waals surface area contributed by atoms with E-state index in [-0.39, 0.29) is 6.54 Å². The van der Waals surface area contributed by atoms with E-state index in [4.69, 9.17) is 0 Å². The molecule has 8 nitrogen and oxygen atoms in total. The van der Waals surface area contributed by atoms with Gasteiger partial charge in [-0.05, 0) is 19.4 Å². The summed E-state index contributed by atoms with van der Waals surface area (Å²) < 4.78 is 0. The van der Waals surface area contributed by atoms with E-state index in [9.17, 15) is 19.2 Å². The van der Waals surface area contributed by atoms with Gasteiger partial charge in [-0.15, -0.1) is 6.58 Å². The Morgan fingerprint density at radius 1 is 1.28 bits per heavy atom. The summed E-state index contributed by atoms with van der Waals surface area (Å²) >= 11 is 0. The molecule has 6 amide bonds. The molecule has 132 valence electrons. The summed E-state index contributed by atoms with van der Waals surface area (Å²) in [4.78, 5) is 48.9. The van der Waals surface area contributed by atoms with Crippen molar-refractivity contribution in [3.05, 3.63) is 48.0 Å². The zero-order valence-electron chi connectivity index (χ0n) is 14.1. The first kappa shape index (κ1) is 18.2. The number of nitrogens with zero attached hydrogens (tertiary/aromatic N) is 1. The number of rotatable bonds is 5. The maximum absolute atomic E-state index is 12.7. The summed E-state index contributed by atoms with van der Waals surface area (Å²) in [5.74, 6) is -1.32. The van der Waals surface area contributed by atoms with Crippen LogP contribution in [0.2, 0.25) is 0 Å². The van der Waals surface area contributed by atoms with Crippen LogP contribution in [0.5, 0.6) is 0 Å². The molecule has 0 aliphatic carbocycles. The molecule has 0 unspecified atom stereocenters. The average Bonchev–Trinajstić information content (AvgIpc) is 2.77. The highest BCUT2D eigenvalue weighted by atomic mass is 16.2. The molecular weight excluding hydrogens is 324 g/mol. The number of carbonyl (C=O) groups is 4. The van der Waals surface area contributed by atoms with E-state index >= 15 is 0 Å². The van der Waals surface area contributed by atoms with Crippen LogP contribution in [0.1, 0.15) is 18.1 Å². The van der Waals surface area contributed by atoms with Crippen molar-refractivity contribution in [1.29, 1.82) is 0 Å². The molecule has 1 fully saturated rings. The Morgan fingerprint density at radius 3 is 2.52 bits per heavy atom. The summed E-state index contributed by atoms with van der Waals surface area (Å²) in [6.07, 6.45) is 1.45. The molecule has 1 saturated heterocycles. The minimum absolute atomic E-state index is 0.188. The van der Waals surface area contributed by atoms with Crippen LogP contribution in [0, 0.1) is 6.92 Å². The minimum atomic E-state index is -1.25. The topological polar surface area (TPSA) is 108 Å². The highest BCUT2D eigenvalue weighted by molar-refractivity contribution is 6.10. The fraction of sp³-hybridized carbons (Fsp3) is 0.294. The highest BCUT2D eigenvalue weighted by Gasteiger charge is 2.49. The van der Waals surface area contributed by atoms with E-state index in [1.165, 1.54) is 6.08 Å². The van der Waals surface area contributed by atoms with Crippen molar-refractivity contribution < 1.29 is 19.2 Å². The Hall–Kier alpha value is -3.16. The van der Waals surface area contributed by atoms with Gasteiger partial charge in [0.1, 0.15) is 12.1 Å². The second kappa shape index (κ2) is 7.16. The smallest absolute Gasteiger partial charge is 0.325 e. The Labute approximate surface area is 145 Å². The fourth-order valence-electron chi connectivity index (χ4n) is 2.44. The monoisotopic (exact) mass is 344 g/mol. The van der Waals surface area contributed by atoms with Gasteiger partial charge in [-0.2, -0.15) is 0 Å². The number of carbonyl (C=O) groups excluding carboxylic acids is 4. The zero-order valence-corrected chi connectivity index (χ0v) is 14.1. The van der Waals surface area contributed by atoms with Crippen molar-refractivity contribution in [1.82, 2.24) is 20.9 Å². The minimum Gasteiger partial charge on any atom is -0.334 e. The fourth-order valence-corrected chi connectivity index (χ4v) is 2.44. The lowest BCUT2D eigenvalue weighted by atomic mass is 9.91. The molecule has 0 radical (unpaired) electrons. The van der Waals surface area contributed by atoms with Crippen molar-refractivity contribution in [2.45, 2.75) is 19.4 Å². The molecule has 1 aromatic carbocycles. The van der Waals surface area contributed by atoms with Gasteiger partial charge in [0.15, 0.2) is 0 Å². The third-order valence-electron chi connectivity index (χ3n) is 3.87. The van der Waals surface area contributed by atoms with Crippen molar-refractivity contribution in [3.8, 4) is 0 Å². The lowest BCUT2D eigenvalue weighted by Gasteiger charge is -2.22. The van der Waals surface area contributed by atoms with Gasteiger partial charge in [-0.1, -0.05) is 35.9 Å². The van der Waals surface area contributed by atoms with E-state index in [2.05, 4.69) is 17.2 Å². The summed E-state index contributed by atoms with van der Waals surface area (Å²) in [6, 6.07) is 5.76. The molecule has 8 heteroatoms. The number of imide groups is 2. The van der Waals surface area contributed by atoms with Crippen LogP contribution in [0.3, 0.4) is 0 Å². The van der Waals surface area contributed by atoms with Gasteiger partial charge in [-0.25, -0.2) is 9.59 Å². The van der Waals surface area contributed by atoms with Crippen molar-refractivity contribution in [2.24, 2.45) is 0 Å². The molecule has 0 saturated carbocycles. The van der Waals surface area contributed by atoms with E-state index < -0.39 is 36.0 Å². The second-order valence-electron chi connectivity index (χ2n) is 5.86. The third-order valence-corrected chi connectivity index (χ3v) is 3.87. The molecular formula is C17H20N4O4. The van der Waals surface area contributed by atoms with Crippen LogP contribution in [-0.4, -0.2) is 41.9 Å². The SMILES string of the molecule is C=CCNC(=O)NC(=O)CN1C(=O)N[C@@](C)(c2ccc(C)cc2)C1=O. The molecule has 2 rings (SSSR count). The van der Waals surface area contributed by atoms with Crippen molar-refractivity contribution in [3.63, 3.8) is 0 Å².